The van der Waals surface area contributed by atoms with E-state index in [4.69, 9.17) is 0 Å². The Bertz CT molecular complexity index is 548. The van der Waals surface area contributed by atoms with Crippen molar-refractivity contribution < 1.29 is 22.4 Å². The lowest BCUT2D eigenvalue weighted by Gasteiger charge is -2.17. The van der Waals surface area contributed by atoms with Crippen LogP contribution in [0.2, 0.25) is 0 Å². The largest absolute Gasteiger partial charge is 0.509 e. The second kappa shape index (κ2) is 5.05. The number of aliphatic hydroxyl groups is 1. The molecule has 0 heterocycles. The normalized spacial score (nSPS) is 13.3. The highest BCUT2D eigenvalue weighted by atomic mass is 19.4. The number of aliphatic hydroxyl groups excluding tert-OH is 1. The first kappa shape index (κ1) is 13.6. The minimum Gasteiger partial charge on any atom is -0.445 e. The van der Waals surface area contributed by atoms with Gasteiger partial charge in [0.25, 0.3) is 0 Å². The zero-order valence-corrected chi connectivity index (χ0v) is 9.73. The minimum absolute atomic E-state index is 0.329. The Morgan fingerprint density at radius 2 is 1.21 bits per heavy atom. The van der Waals surface area contributed by atoms with E-state index in [1.54, 1.807) is 0 Å². The van der Waals surface area contributed by atoms with E-state index in [2.05, 4.69) is 0 Å². The smallest absolute Gasteiger partial charge is 0.445 e. The molecule has 0 amide bonds. The Morgan fingerprint density at radius 3 is 1.63 bits per heavy atom. The monoisotopic (exact) mass is 269 g/mol. The Morgan fingerprint density at radius 1 is 0.789 bits per heavy atom. The van der Waals surface area contributed by atoms with Gasteiger partial charge in [-0.1, -0.05) is 36.4 Å². The van der Waals surface area contributed by atoms with Crippen LogP contribution in [0.3, 0.4) is 0 Å². The van der Waals surface area contributed by atoms with Gasteiger partial charge in [0.1, 0.15) is 11.9 Å². The average molecular weight is 269 g/mol. The molecule has 0 saturated carbocycles. The molecule has 1 nitrogen and oxygen atoms in total. The van der Waals surface area contributed by atoms with Gasteiger partial charge in [-0.05, 0) is 23.3 Å². The third-order valence-corrected chi connectivity index (χ3v) is 2.82. The molecule has 2 aromatic rings. The van der Waals surface area contributed by atoms with Crippen molar-refractivity contribution in [1.82, 2.24) is 0 Å². The molecule has 6 heteroatoms. The van der Waals surface area contributed by atoms with Crippen molar-refractivity contribution in [1.29, 1.82) is 0 Å². The van der Waals surface area contributed by atoms with Crippen molar-refractivity contribution in [2.75, 3.05) is 0 Å². The van der Waals surface area contributed by atoms with Gasteiger partial charge in [-0.2, -0.15) is 0 Å². The van der Waals surface area contributed by atoms with Crippen LogP contribution in [0.15, 0.2) is 48.5 Å². The summed E-state index contributed by atoms with van der Waals surface area (Å²) < 4.78 is 50.1. The third-order valence-electron chi connectivity index (χ3n) is 2.82. The highest BCUT2D eigenvalue weighted by Gasteiger charge is 2.25. The van der Waals surface area contributed by atoms with Crippen LogP contribution in [0, 0.1) is 5.82 Å². The molecule has 0 aromatic heterocycles. The Hall–Kier alpha value is -1.82. The molecule has 1 unspecified atom stereocenters. The van der Waals surface area contributed by atoms with Crippen LogP contribution in [0.1, 0.15) is 17.2 Å². The number of rotatable bonds is 3. The van der Waals surface area contributed by atoms with Gasteiger partial charge in [0, 0.05) is 0 Å². The average Bonchev–Trinajstić information content (AvgIpc) is 2.38. The molecule has 0 aliphatic heterocycles. The number of benzene rings is 2. The van der Waals surface area contributed by atoms with Crippen LogP contribution in [0.25, 0.3) is 0 Å². The molecule has 0 saturated heterocycles. The molecule has 100 valence electrons. The van der Waals surface area contributed by atoms with Crippen molar-refractivity contribution >= 4 is 12.4 Å². The molecule has 0 radical (unpaired) electrons. The first-order chi connectivity index (χ1) is 8.88. The standard InChI is InChI=1S/C13H10BF4O/c15-12-7-3-10(4-8-12)13(19)9-1-5-11(6-2-9)14(16,17)18/h1-8,13,19H/q-1. The number of hydrogen-bond donors (Lipinski definition) is 1. The van der Waals surface area contributed by atoms with Gasteiger partial charge in [-0.15, -0.1) is 5.46 Å². The van der Waals surface area contributed by atoms with E-state index in [9.17, 15) is 22.4 Å². The van der Waals surface area contributed by atoms with Gasteiger partial charge in [0.2, 0.25) is 0 Å². The molecule has 2 aromatic carbocycles. The fourth-order valence-corrected chi connectivity index (χ4v) is 1.73. The summed E-state index contributed by atoms with van der Waals surface area (Å²) in [5.41, 5.74) is 0.0390. The van der Waals surface area contributed by atoms with Crippen molar-refractivity contribution in [2.45, 2.75) is 6.10 Å². The Kier molecular flexibility index (Phi) is 3.62. The van der Waals surface area contributed by atoms with Crippen molar-refractivity contribution in [3.8, 4) is 0 Å². The van der Waals surface area contributed by atoms with Gasteiger partial charge in [-0.3, -0.25) is 0 Å². The van der Waals surface area contributed by atoms with E-state index >= 15 is 0 Å². The van der Waals surface area contributed by atoms with Crippen molar-refractivity contribution in [3.63, 3.8) is 0 Å². The Balaban J connectivity index is 2.25. The predicted octanol–water partition coefficient (Wildman–Crippen LogP) is 2.96. The summed E-state index contributed by atoms with van der Waals surface area (Å²) in [6, 6.07) is 9.46. The van der Waals surface area contributed by atoms with Crippen LogP contribution in [-0.4, -0.2) is 12.1 Å². The quantitative estimate of drug-likeness (QED) is 0.670. The lowest BCUT2D eigenvalue weighted by atomic mass is 9.79. The van der Waals surface area contributed by atoms with E-state index in [1.165, 1.54) is 36.4 Å². The summed E-state index contributed by atoms with van der Waals surface area (Å²) in [5, 5.41) is 9.98. The van der Waals surface area contributed by atoms with Gasteiger partial charge >= 0.3 is 6.98 Å². The lowest BCUT2D eigenvalue weighted by Crippen LogP contribution is -2.33. The first-order valence-corrected chi connectivity index (χ1v) is 5.61. The van der Waals surface area contributed by atoms with Gasteiger partial charge in [-0.25, -0.2) is 4.39 Å². The molecular formula is C13H10BF4O-. The lowest BCUT2D eigenvalue weighted by molar-refractivity contribution is 0.220. The summed E-state index contributed by atoms with van der Waals surface area (Å²) in [4.78, 5) is 0. The van der Waals surface area contributed by atoms with E-state index < -0.39 is 24.4 Å². The molecule has 0 spiro atoms. The summed E-state index contributed by atoms with van der Waals surface area (Å²) in [6.45, 7) is -5.04. The fourth-order valence-electron chi connectivity index (χ4n) is 1.73. The second-order valence-corrected chi connectivity index (χ2v) is 4.20. The zero-order valence-electron chi connectivity index (χ0n) is 9.73. The first-order valence-electron chi connectivity index (χ1n) is 5.61. The molecular weight excluding hydrogens is 259 g/mol. The van der Waals surface area contributed by atoms with E-state index in [0.29, 0.717) is 11.1 Å². The molecule has 0 aliphatic rings. The molecule has 0 fully saturated rings. The van der Waals surface area contributed by atoms with Crippen LogP contribution in [0.5, 0.6) is 0 Å². The van der Waals surface area contributed by atoms with Crippen LogP contribution in [-0.2, 0) is 0 Å². The number of halogens is 4. The zero-order chi connectivity index (χ0) is 14.0. The Labute approximate surface area is 107 Å². The highest BCUT2D eigenvalue weighted by molar-refractivity contribution is 6.73. The maximum Gasteiger partial charge on any atom is 0.509 e. The maximum atomic E-state index is 12.7. The van der Waals surface area contributed by atoms with Crippen LogP contribution in [0.4, 0.5) is 17.3 Å². The van der Waals surface area contributed by atoms with E-state index in [-0.39, 0.29) is 0 Å². The molecule has 1 N–H and O–H groups in total. The second-order valence-electron chi connectivity index (χ2n) is 4.20. The van der Waals surface area contributed by atoms with Crippen molar-refractivity contribution in [2.24, 2.45) is 0 Å². The molecule has 19 heavy (non-hydrogen) atoms. The van der Waals surface area contributed by atoms with E-state index in [1.807, 2.05) is 0 Å². The van der Waals surface area contributed by atoms with Crippen molar-refractivity contribution in [3.05, 3.63) is 65.5 Å². The molecule has 0 bridgehead atoms. The summed E-state index contributed by atoms with van der Waals surface area (Å²) in [7, 11) is 0. The fraction of sp³-hybridized carbons (Fsp3) is 0.0769. The molecule has 0 aliphatic carbocycles. The van der Waals surface area contributed by atoms with Gasteiger partial charge < -0.3 is 18.1 Å². The summed E-state index contributed by atoms with van der Waals surface area (Å²) >= 11 is 0. The minimum atomic E-state index is -5.04. The third kappa shape index (κ3) is 3.14. The van der Waals surface area contributed by atoms with Gasteiger partial charge in [0.15, 0.2) is 0 Å². The summed E-state index contributed by atoms with van der Waals surface area (Å²) in [6.07, 6.45) is -1.07. The van der Waals surface area contributed by atoms with Gasteiger partial charge in [0.05, 0.1) is 0 Å². The summed E-state index contributed by atoms with van der Waals surface area (Å²) in [5.74, 6) is -0.439. The number of hydrogen-bond acceptors (Lipinski definition) is 1. The highest BCUT2D eigenvalue weighted by Crippen LogP contribution is 2.22. The van der Waals surface area contributed by atoms with E-state index in [0.717, 1.165) is 12.1 Å². The maximum absolute atomic E-state index is 12.7. The topological polar surface area (TPSA) is 20.2 Å². The predicted molar refractivity (Wildman–Crippen MR) is 65.6 cm³/mol. The molecule has 1 atom stereocenters. The molecule has 2 rings (SSSR count). The SMILES string of the molecule is OC(c1ccc(F)cc1)c1ccc([B-](F)(F)F)cc1. The van der Waals surface area contributed by atoms with Crippen LogP contribution >= 0.6 is 0 Å². The van der Waals surface area contributed by atoms with Crippen LogP contribution < -0.4 is 5.46 Å².